The van der Waals surface area contributed by atoms with E-state index in [1.807, 2.05) is 27.7 Å². The third-order valence-electron chi connectivity index (χ3n) is 4.41. The summed E-state index contributed by atoms with van der Waals surface area (Å²) in [5, 5.41) is 0. The molecular weight excluding hydrogens is 446 g/mol. The number of esters is 2. The molecule has 2 saturated heterocycles. The summed E-state index contributed by atoms with van der Waals surface area (Å²) in [6.07, 6.45) is 0. The average molecular weight is 474 g/mol. The molecule has 2 aliphatic heterocycles. The van der Waals surface area contributed by atoms with Crippen LogP contribution in [-0.2, 0) is 60.8 Å². The Morgan fingerprint density at radius 1 is 0.750 bits per heavy atom. The molecule has 0 aromatic rings. The molecule has 0 radical (unpaired) electrons. The monoisotopic (exact) mass is 474 g/mol. The first kappa shape index (κ1) is 24.4. The molecule has 162 valence electrons. The van der Waals surface area contributed by atoms with Gasteiger partial charge < -0.3 is 27.6 Å². The van der Waals surface area contributed by atoms with E-state index >= 15 is 0 Å². The highest BCUT2D eigenvalue weighted by Gasteiger charge is 2.57. The standard InChI is InChI=1S/C16H28O8P2S2/c1-15(2)7-21-25(27,22-8-15)11(13(17)19-5)12(14(18)20-6)26(28)23-9-16(3,4)10-24-26/h11-12H,7-10H2,1-6H3/t11-,12+. The predicted molar refractivity (Wildman–Crippen MR) is 112 cm³/mol. The molecule has 12 heteroatoms. The Hall–Kier alpha value is 0.0800. The summed E-state index contributed by atoms with van der Waals surface area (Å²) in [5.74, 6) is -1.50. The topological polar surface area (TPSA) is 89.5 Å². The molecule has 0 N–H and O–H groups in total. The van der Waals surface area contributed by atoms with Crippen LogP contribution in [-0.4, -0.2) is 63.9 Å². The fourth-order valence-corrected chi connectivity index (χ4v) is 10.7. The van der Waals surface area contributed by atoms with Crippen LogP contribution in [0.15, 0.2) is 0 Å². The first-order valence-electron chi connectivity index (χ1n) is 8.72. The molecule has 0 aliphatic carbocycles. The molecule has 2 atom stereocenters. The minimum Gasteiger partial charge on any atom is -0.468 e. The van der Waals surface area contributed by atoms with Crippen molar-refractivity contribution in [1.82, 2.24) is 0 Å². The van der Waals surface area contributed by atoms with Gasteiger partial charge in [-0.3, -0.25) is 9.59 Å². The minimum absolute atomic E-state index is 0.271. The molecule has 0 unspecified atom stereocenters. The highest BCUT2D eigenvalue weighted by Crippen LogP contribution is 2.68. The number of carbonyl (C=O) groups excluding carboxylic acids is 2. The average Bonchev–Trinajstić information content (AvgIpc) is 2.64. The molecule has 0 saturated carbocycles. The van der Waals surface area contributed by atoms with Crippen LogP contribution >= 0.6 is 13.0 Å². The third-order valence-corrected chi connectivity index (χ3v) is 11.6. The lowest BCUT2D eigenvalue weighted by atomic mass is 9.97. The Bertz CT molecular complexity index is 635. The number of ether oxygens (including phenoxy) is 2. The van der Waals surface area contributed by atoms with Crippen molar-refractivity contribution in [2.24, 2.45) is 10.8 Å². The Morgan fingerprint density at radius 2 is 1.00 bits per heavy atom. The lowest BCUT2D eigenvalue weighted by molar-refractivity contribution is -0.147. The van der Waals surface area contributed by atoms with E-state index < -0.39 is 36.2 Å². The maximum absolute atomic E-state index is 12.8. The van der Waals surface area contributed by atoms with Crippen LogP contribution in [0, 0.1) is 10.8 Å². The number of rotatable bonds is 5. The molecule has 2 aliphatic rings. The molecule has 0 spiro atoms. The van der Waals surface area contributed by atoms with Crippen LogP contribution < -0.4 is 0 Å². The Kier molecular flexibility index (Phi) is 7.54. The van der Waals surface area contributed by atoms with Gasteiger partial charge in [0.05, 0.1) is 40.6 Å². The van der Waals surface area contributed by atoms with Gasteiger partial charge in [-0.05, 0) is 23.6 Å². The van der Waals surface area contributed by atoms with Gasteiger partial charge in [0.15, 0.2) is 11.3 Å². The van der Waals surface area contributed by atoms with Crippen LogP contribution in [0.1, 0.15) is 27.7 Å². The summed E-state index contributed by atoms with van der Waals surface area (Å²) >= 11 is 11.3. The highest BCUT2D eigenvalue weighted by atomic mass is 32.5. The predicted octanol–water partition coefficient (Wildman–Crippen LogP) is 2.83. The number of methoxy groups -OCH3 is 2. The quantitative estimate of drug-likeness (QED) is 0.438. The number of hydrogen-bond donors (Lipinski definition) is 0. The van der Waals surface area contributed by atoms with E-state index in [9.17, 15) is 9.59 Å². The van der Waals surface area contributed by atoms with Crippen LogP contribution in [0.5, 0.6) is 0 Å². The zero-order valence-electron chi connectivity index (χ0n) is 17.0. The van der Waals surface area contributed by atoms with Crippen molar-refractivity contribution in [3.63, 3.8) is 0 Å². The molecule has 2 rings (SSSR count). The number of hydrogen-bond acceptors (Lipinski definition) is 10. The van der Waals surface area contributed by atoms with Gasteiger partial charge in [0.2, 0.25) is 13.0 Å². The maximum Gasteiger partial charge on any atom is 0.319 e. The van der Waals surface area contributed by atoms with Crippen LogP contribution in [0.3, 0.4) is 0 Å². The summed E-state index contributed by atoms with van der Waals surface area (Å²) in [5.41, 5.74) is -3.09. The summed E-state index contributed by atoms with van der Waals surface area (Å²) < 4.78 is 33.4. The van der Waals surface area contributed by atoms with Crippen molar-refractivity contribution < 1.29 is 37.2 Å². The van der Waals surface area contributed by atoms with Gasteiger partial charge in [-0.15, -0.1) is 0 Å². The van der Waals surface area contributed by atoms with E-state index in [0.717, 1.165) is 0 Å². The van der Waals surface area contributed by atoms with Gasteiger partial charge in [0.1, 0.15) is 0 Å². The molecular formula is C16H28O8P2S2. The molecule has 28 heavy (non-hydrogen) atoms. The molecule has 2 fully saturated rings. The molecule has 0 amide bonds. The third kappa shape index (κ3) is 5.22. The number of carbonyl (C=O) groups is 2. The van der Waals surface area contributed by atoms with Gasteiger partial charge in [-0.2, -0.15) is 0 Å². The highest BCUT2D eigenvalue weighted by molar-refractivity contribution is 8.13. The van der Waals surface area contributed by atoms with Crippen molar-refractivity contribution in [2.75, 3.05) is 40.6 Å². The lowest BCUT2D eigenvalue weighted by Gasteiger charge is -2.44. The Morgan fingerprint density at radius 3 is 1.21 bits per heavy atom. The van der Waals surface area contributed by atoms with Crippen LogP contribution in [0.25, 0.3) is 0 Å². The first-order chi connectivity index (χ1) is 12.8. The van der Waals surface area contributed by atoms with E-state index in [0.29, 0.717) is 0 Å². The van der Waals surface area contributed by atoms with Crippen LogP contribution in [0.2, 0.25) is 0 Å². The van der Waals surface area contributed by atoms with Crippen molar-refractivity contribution in [3.05, 3.63) is 0 Å². The van der Waals surface area contributed by atoms with Gasteiger partial charge in [-0.1, -0.05) is 27.7 Å². The van der Waals surface area contributed by atoms with Crippen molar-refractivity contribution in [3.8, 4) is 0 Å². The second kappa shape index (κ2) is 8.67. The maximum atomic E-state index is 12.8. The van der Waals surface area contributed by atoms with Gasteiger partial charge >= 0.3 is 11.9 Å². The second-order valence-electron chi connectivity index (χ2n) is 8.44. The van der Waals surface area contributed by atoms with Crippen molar-refractivity contribution in [1.29, 1.82) is 0 Å². The molecule has 8 nitrogen and oxygen atoms in total. The molecule has 2 heterocycles. The normalized spacial score (nSPS) is 27.2. The van der Waals surface area contributed by atoms with Gasteiger partial charge in [-0.25, -0.2) is 0 Å². The zero-order chi connectivity index (χ0) is 21.4. The Labute approximate surface area is 176 Å². The van der Waals surface area contributed by atoms with E-state index in [4.69, 9.17) is 51.2 Å². The van der Waals surface area contributed by atoms with E-state index in [2.05, 4.69) is 0 Å². The van der Waals surface area contributed by atoms with E-state index in [-0.39, 0.29) is 37.3 Å². The van der Waals surface area contributed by atoms with Crippen LogP contribution in [0.4, 0.5) is 0 Å². The summed E-state index contributed by atoms with van der Waals surface area (Å²) in [6, 6.07) is 0. The Balaban J connectivity index is 2.47. The largest absolute Gasteiger partial charge is 0.468 e. The fourth-order valence-electron chi connectivity index (χ4n) is 2.64. The molecule has 0 aromatic heterocycles. The second-order valence-corrected chi connectivity index (χ2v) is 15.8. The van der Waals surface area contributed by atoms with Crippen molar-refractivity contribution >= 4 is 48.5 Å². The van der Waals surface area contributed by atoms with E-state index in [1.165, 1.54) is 14.2 Å². The smallest absolute Gasteiger partial charge is 0.319 e. The summed E-state index contributed by atoms with van der Waals surface area (Å²) in [7, 11) is 2.42. The van der Waals surface area contributed by atoms with E-state index in [1.54, 1.807) is 0 Å². The molecule has 0 aromatic carbocycles. The first-order valence-corrected chi connectivity index (χ1v) is 14.1. The summed E-state index contributed by atoms with van der Waals surface area (Å²) in [4.78, 5) is 25.6. The molecule has 0 bridgehead atoms. The summed E-state index contributed by atoms with van der Waals surface area (Å²) in [6.45, 7) is 2.37. The minimum atomic E-state index is -3.28. The van der Waals surface area contributed by atoms with Crippen molar-refractivity contribution in [2.45, 2.75) is 39.0 Å². The lowest BCUT2D eigenvalue weighted by Crippen LogP contribution is -2.46. The zero-order valence-corrected chi connectivity index (χ0v) is 20.4. The van der Waals surface area contributed by atoms with Gasteiger partial charge in [0, 0.05) is 10.8 Å². The fraction of sp³-hybridized carbons (Fsp3) is 0.875. The van der Waals surface area contributed by atoms with Gasteiger partial charge in [0.25, 0.3) is 0 Å². The SMILES string of the molecule is COC(=O)[C@H]([C@H](C(=O)OC)P1(=S)OCC(C)(C)CO1)P1(=S)OCC(C)(C)CO1.